The summed E-state index contributed by atoms with van der Waals surface area (Å²) in [6.07, 6.45) is 3.29. The lowest BCUT2D eigenvalue weighted by atomic mass is 10.00. The Kier molecular flexibility index (Phi) is 5.05. The molecule has 6 rings (SSSR count). The van der Waals surface area contributed by atoms with Crippen molar-refractivity contribution in [1.29, 1.82) is 0 Å². The lowest BCUT2D eigenvalue weighted by Gasteiger charge is -2.15. The van der Waals surface area contributed by atoms with E-state index in [9.17, 15) is 9.59 Å². The Hall–Kier alpha value is -4.65. The van der Waals surface area contributed by atoms with Gasteiger partial charge in [-0.2, -0.15) is 5.10 Å². The van der Waals surface area contributed by atoms with E-state index in [4.69, 9.17) is 0 Å². The fraction of sp³-hybridized carbons (Fsp3) is 0.167. The van der Waals surface area contributed by atoms with Gasteiger partial charge in [-0.1, -0.05) is 36.4 Å². The number of anilines is 1. The number of aromatic nitrogens is 4. The molecule has 0 unspecified atom stereocenters. The first-order valence-electron chi connectivity index (χ1n) is 12.1. The molecule has 1 aliphatic rings. The zero-order chi connectivity index (χ0) is 26.0. The number of imide groups is 1. The van der Waals surface area contributed by atoms with Crippen LogP contribution >= 0.6 is 0 Å². The molecule has 0 bridgehead atoms. The zero-order valence-corrected chi connectivity index (χ0v) is 21.3. The minimum atomic E-state index is -0.483. The molecule has 0 fully saturated rings. The Morgan fingerprint density at radius 2 is 1.32 bits per heavy atom. The normalized spacial score (nSPS) is 13.1. The molecule has 3 aromatic carbocycles. The quantitative estimate of drug-likeness (QED) is 0.299. The molecule has 0 atom stereocenters. The number of amides is 2. The average Bonchev–Trinajstić information content (AvgIpc) is 3.35. The molecule has 1 aliphatic heterocycles. The lowest BCUT2D eigenvalue weighted by Crippen LogP contribution is -2.32. The topological polar surface area (TPSA) is 81.0 Å². The van der Waals surface area contributed by atoms with Crippen LogP contribution in [0.15, 0.2) is 60.9 Å². The Bertz CT molecular complexity index is 1770. The van der Waals surface area contributed by atoms with Crippen molar-refractivity contribution < 1.29 is 9.59 Å². The van der Waals surface area contributed by atoms with Crippen molar-refractivity contribution in [2.75, 3.05) is 4.90 Å². The smallest absolute Gasteiger partial charge is 0.268 e. The third-order valence-electron chi connectivity index (χ3n) is 7.17. The standard InChI is InChI=1S/C30H25N5O2/c1-16-8-6-7-9-24(16)23-14-31-30(32-15-23)34-28(36)26-20(5)33-35(27(26)29(34)37)25-13-22-11-18(3)17(2)10-21(22)12-19(25)4/h6-15H,1-5H3. The van der Waals surface area contributed by atoms with Crippen molar-refractivity contribution in [3.8, 4) is 16.8 Å². The molecule has 0 spiro atoms. The third kappa shape index (κ3) is 3.46. The predicted octanol–water partition coefficient (Wildman–Crippen LogP) is 5.83. The molecule has 7 nitrogen and oxygen atoms in total. The minimum Gasteiger partial charge on any atom is -0.268 e. The summed E-state index contributed by atoms with van der Waals surface area (Å²) in [7, 11) is 0. The molecule has 182 valence electrons. The molecular weight excluding hydrogens is 462 g/mol. The number of hydrogen-bond donors (Lipinski definition) is 0. The summed E-state index contributed by atoms with van der Waals surface area (Å²) in [6.45, 7) is 9.92. The summed E-state index contributed by atoms with van der Waals surface area (Å²) in [5.74, 6) is -0.892. The van der Waals surface area contributed by atoms with E-state index in [0.29, 0.717) is 5.69 Å². The maximum absolute atomic E-state index is 13.7. The first-order valence-corrected chi connectivity index (χ1v) is 12.1. The first-order chi connectivity index (χ1) is 17.7. The molecule has 7 heteroatoms. The summed E-state index contributed by atoms with van der Waals surface area (Å²) < 4.78 is 1.59. The molecule has 2 aromatic heterocycles. The second-order valence-electron chi connectivity index (χ2n) is 9.68. The number of fused-ring (bicyclic) bond motifs is 2. The van der Waals surface area contributed by atoms with Gasteiger partial charge in [0, 0.05) is 18.0 Å². The zero-order valence-electron chi connectivity index (χ0n) is 21.3. The highest BCUT2D eigenvalue weighted by Crippen LogP contribution is 2.33. The van der Waals surface area contributed by atoms with Gasteiger partial charge in [0.25, 0.3) is 11.8 Å². The van der Waals surface area contributed by atoms with Crippen molar-refractivity contribution >= 4 is 28.5 Å². The number of rotatable bonds is 3. The largest absolute Gasteiger partial charge is 0.287 e. The van der Waals surface area contributed by atoms with Crippen LogP contribution in [0.3, 0.4) is 0 Å². The van der Waals surface area contributed by atoms with Gasteiger partial charge in [-0.15, -0.1) is 0 Å². The van der Waals surface area contributed by atoms with Crippen LogP contribution in [0.5, 0.6) is 0 Å². The third-order valence-corrected chi connectivity index (χ3v) is 7.17. The highest BCUT2D eigenvalue weighted by Gasteiger charge is 2.44. The average molecular weight is 488 g/mol. The Labute approximate surface area is 214 Å². The van der Waals surface area contributed by atoms with Gasteiger partial charge in [0.15, 0.2) is 0 Å². The van der Waals surface area contributed by atoms with Crippen LogP contribution in [0.1, 0.15) is 48.8 Å². The Morgan fingerprint density at radius 3 is 2.00 bits per heavy atom. The fourth-order valence-corrected chi connectivity index (χ4v) is 5.03. The van der Waals surface area contributed by atoms with Crippen LogP contribution in [-0.2, 0) is 0 Å². The van der Waals surface area contributed by atoms with Crippen LogP contribution in [0.4, 0.5) is 5.95 Å². The minimum absolute atomic E-state index is 0.0517. The van der Waals surface area contributed by atoms with E-state index >= 15 is 0 Å². The van der Waals surface area contributed by atoms with E-state index < -0.39 is 11.8 Å². The van der Waals surface area contributed by atoms with Gasteiger partial charge in [-0.25, -0.2) is 19.5 Å². The number of carbonyl (C=O) groups is 2. The summed E-state index contributed by atoms with van der Waals surface area (Å²) in [5.41, 5.74) is 8.05. The number of carbonyl (C=O) groups excluding carboxylic acids is 2. The molecule has 0 radical (unpaired) electrons. The van der Waals surface area contributed by atoms with Crippen molar-refractivity contribution in [2.24, 2.45) is 0 Å². The first kappa shape index (κ1) is 22.8. The van der Waals surface area contributed by atoms with E-state index in [2.05, 4.69) is 47.1 Å². The summed E-state index contributed by atoms with van der Waals surface area (Å²) in [6, 6.07) is 16.3. The molecule has 3 heterocycles. The maximum atomic E-state index is 13.7. The monoisotopic (exact) mass is 487 g/mol. The van der Waals surface area contributed by atoms with Gasteiger partial charge in [0.1, 0.15) is 5.69 Å². The van der Waals surface area contributed by atoms with Crippen molar-refractivity contribution in [3.05, 3.63) is 100 Å². The molecule has 2 amide bonds. The van der Waals surface area contributed by atoms with Crippen molar-refractivity contribution in [3.63, 3.8) is 0 Å². The molecule has 0 N–H and O–H groups in total. The van der Waals surface area contributed by atoms with E-state index in [1.807, 2.05) is 44.2 Å². The number of benzene rings is 3. The molecule has 37 heavy (non-hydrogen) atoms. The highest BCUT2D eigenvalue weighted by molar-refractivity contribution is 6.33. The van der Waals surface area contributed by atoms with Gasteiger partial charge in [-0.3, -0.25) is 9.59 Å². The summed E-state index contributed by atoms with van der Waals surface area (Å²) >= 11 is 0. The Morgan fingerprint density at radius 1 is 0.703 bits per heavy atom. The predicted molar refractivity (Wildman–Crippen MR) is 143 cm³/mol. The van der Waals surface area contributed by atoms with E-state index in [-0.39, 0.29) is 17.2 Å². The Balaban J connectivity index is 1.43. The van der Waals surface area contributed by atoms with Crippen molar-refractivity contribution in [1.82, 2.24) is 19.7 Å². The maximum Gasteiger partial charge on any atom is 0.287 e. The van der Waals surface area contributed by atoms with Crippen molar-refractivity contribution in [2.45, 2.75) is 34.6 Å². The van der Waals surface area contributed by atoms with Gasteiger partial charge in [-0.05, 0) is 85.3 Å². The fourth-order valence-electron chi connectivity index (χ4n) is 5.03. The second-order valence-corrected chi connectivity index (χ2v) is 9.68. The van der Waals surface area contributed by atoms with Gasteiger partial charge < -0.3 is 0 Å². The molecular formula is C30H25N5O2. The van der Waals surface area contributed by atoms with Gasteiger partial charge >= 0.3 is 0 Å². The van der Waals surface area contributed by atoms with E-state index in [0.717, 1.165) is 43.6 Å². The van der Waals surface area contributed by atoms with Gasteiger partial charge in [0.2, 0.25) is 5.95 Å². The highest BCUT2D eigenvalue weighted by atomic mass is 16.2. The second kappa shape index (κ2) is 8.20. The SMILES string of the molecule is Cc1cc2cc(C)c(-n3nc(C)c4c3C(=O)N(c3ncc(-c5ccccc5C)cn3)C4=O)cc2cc1C. The molecule has 0 aliphatic carbocycles. The molecule has 0 saturated carbocycles. The van der Waals surface area contributed by atoms with Crippen LogP contribution in [0.2, 0.25) is 0 Å². The molecule has 0 saturated heterocycles. The number of nitrogens with zero attached hydrogens (tertiary/aromatic N) is 5. The number of aryl methyl sites for hydroxylation is 5. The van der Waals surface area contributed by atoms with Crippen LogP contribution < -0.4 is 4.90 Å². The van der Waals surface area contributed by atoms with Gasteiger partial charge in [0.05, 0.1) is 16.9 Å². The molecule has 5 aromatic rings. The van der Waals surface area contributed by atoms with E-state index in [1.165, 1.54) is 11.1 Å². The van der Waals surface area contributed by atoms with Crippen LogP contribution in [-0.4, -0.2) is 31.6 Å². The van der Waals surface area contributed by atoms with Crippen LogP contribution in [0.25, 0.3) is 27.6 Å². The summed E-state index contributed by atoms with van der Waals surface area (Å²) in [4.78, 5) is 36.9. The van der Waals surface area contributed by atoms with E-state index in [1.54, 1.807) is 24.0 Å². The lowest BCUT2D eigenvalue weighted by molar-refractivity contribution is 0.0919. The summed E-state index contributed by atoms with van der Waals surface area (Å²) in [5, 5.41) is 6.78. The number of hydrogen-bond acceptors (Lipinski definition) is 5. The van der Waals surface area contributed by atoms with Crippen LogP contribution in [0, 0.1) is 34.6 Å².